The van der Waals surface area contributed by atoms with Gasteiger partial charge < -0.3 is 5.73 Å². The first-order valence-corrected chi connectivity index (χ1v) is 6.20. The number of thiazole rings is 1. The first kappa shape index (κ1) is 11.8. The third kappa shape index (κ3) is 2.08. The van der Waals surface area contributed by atoms with Crippen LogP contribution in [0.5, 0.6) is 0 Å². The molecule has 0 bridgehead atoms. The van der Waals surface area contributed by atoms with Crippen LogP contribution in [0.25, 0.3) is 0 Å². The van der Waals surface area contributed by atoms with Crippen molar-refractivity contribution in [3.8, 4) is 0 Å². The average molecular weight is 245 g/mol. The van der Waals surface area contributed by atoms with Crippen molar-refractivity contribution in [2.24, 2.45) is 0 Å². The molecule has 0 fully saturated rings. The van der Waals surface area contributed by atoms with Crippen molar-refractivity contribution in [3.05, 3.63) is 44.9 Å². The topological polar surface area (TPSA) is 62.8 Å². The third-order valence-electron chi connectivity index (χ3n) is 2.84. The highest BCUT2D eigenvalue weighted by molar-refractivity contribution is 7.13. The van der Waals surface area contributed by atoms with Crippen molar-refractivity contribution < 1.29 is 0 Å². The Hall–Kier alpha value is -1.68. The van der Waals surface area contributed by atoms with Gasteiger partial charge in [0.2, 0.25) is 0 Å². The summed E-state index contributed by atoms with van der Waals surface area (Å²) in [5.74, 6) is 0. The summed E-state index contributed by atoms with van der Waals surface area (Å²) in [4.78, 5) is 5.54. The van der Waals surface area contributed by atoms with Crippen molar-refractivity contribution in [2.45, 2.75) is 20.8 Å². The average Bonchev–Trinajstić information content (AvgIpc) is 2.62. The first-order valence-electron chi connectivity index (χ1n) is 5.39. The third-order valence-corrected chi connectivity index (χ3v) is 3.93. The number of rotatable bonds is 2. The van der Waals surface area contributed by atoms with Gasteiger partial charge in [0.25, 0.3) is 0 Å². The van der Waals surface area contributed by atoms with Gasteiger partial charge in [-0.1, -0.05) is 18.2 Å². The van der Waals surface area contributed by atoms with Gasteiger partial charge in [0.15, 0.2) is 0 Å². The maximum Gasteiger partial charge on any atom is 0.142 e. The predicted octanol–water partition coefficient (Wildman–Crippen LogP) is 3.07. The maximum absolute atomic E-state index is 8.19. The maximum atomic E-state index is 8.19. The van der Waals surface area contributed by atoms with E-state index in [0.29, 0.717) is 11.4 Å². The minimum atomic E-state index is 0.410. The molecule has 1 heterocycles. The summed E-state index contributed by atoms with van der Waals surface area (Å²) in [6, 6.07) is 5.74. The van der Waals surface area contributed by atoms with E-state index in [0.717, 1.165) is 26.7 Å². The molecule has 0 amide bonds. The van der Waals surface area contributed by atoms with E-state index in [1.807, 2.05) is 39.0 Å². The Kier molecular flexibility index (Phi) is 2.98. The monoisotopic (exact) mass is 245 g/mol. The van der Waals surface area contributed by atoms with E-state index in [1.165, 1.54) is 0 Å². The molecule has 0 aliphatic rings. The highest BCUT2D eigenvalue weighted by Crippen LogP contribution is 2.24. The number of hydrogen-bond donors (Lipinski definition) is 2. The Balaban J connectivity index is 2.47. The number of aryl methyl sites for hydroxylation is 3. The lowest BCUT2D eigenvalue weighted by Gasteiger charge is -2.07. The lowest BCUT2D eigenvalue weighted by Crippen LogP contribution is -2.06. The molecule has 17 heavy (non-hydrogen) atoms. The lowest BCUT2D eigenvalue weighted by molar-refractivity contribution is 1.21. The van der Waals surface area contributed by atoms with E-state index in [9.17, 15) is 0 Å². The van der Waals surface area contributed by atoms with Crippen molar-refractivity contribution >= 4 is 22.7 Å². The van der Waals surface area contributed by atoms with Crippen LogP contribution in [0.15, 0.2) is 18.2 Å². The van der Waals surface area contributed by atoms with E-state index in [4.69, 9.17) is 11.1 Å². The van der Waals surface area contributed by atoms with E-state index in [2.05, 4.69) is 4.98 Å². The SMILES string of the molecule is Cc1cccc(C(=N)c2nc(C)c(C)s2)c1N. The van der Waals surface area contributed by atoms with Crippen LogP contribution >= 0.6 is 11.3 Å². The van der Waals surface area contributed by atoms with Gasteiger partial charge in [-0.25, -0.2) is 4.98 Å². The molecule has 0 atom stereocenters. The smallest absolute Gasteiger partial charge is 0.142 e. The Morgan fingerprint density at radius 3 is 2.59 bits per heavy atom. The Morgan fingerprint density at radius 2 is 2.00 bits per heavy atom. The molecule has 3 nitrogen and oxygen atoms in total. The van der Waals surface area contributed by atoms with Crippen LogP contribution in [-0.4, -0.2) is 10.7 Å². The van der Waals surface area contributed by atoms with Crippen LogP contribution in [0.3, 0.4) is 0 Å². The molecule has 4 heteroatoms. The Bertz CT molecular complexity index is 565. The van der Waals surface area contributed by atoms with Crippen molar-refractivity contribution in [3.63, 3.8) is 0 Å². The molecule has 3 N–H and O–H groups in total. The molecule has 0 saturated carbocycles. The van der Waals surface area contributed by atoms with Crippen molar-refractivity contribution in [1.29, 1.82) is 5.41 Å². The first-order chi connectivity index (χ1) is 8.00. The predicted molar refractivity (Wildman–Crippen MR) is 73.1 cm³/mol. The lowest BCUT2D eigenvalue weighted by atomic mass is 10.0. The summed E-state index contributed by atoms with van der Waals surface area (Å²) in [7, 11) is 0. The molecule has 2 aromatic rings. The molecule has 0 radical (unpaired) electrons. The van der Waals surface area contributed by atoms with Gasteiger partial charge >= 0.3 is 0 Å². The minimum absolute atomic E-state index is 0.410. The van der Waals surface area contributed by atoms with E-state index >= 15 is 0 Å². The number of nitrogens with one attached hydrogen (secondary N) is 1. The van der Waals surface area contributed by atoms with Crippen LogP contribution in [-0.2, 0) is 0 Å². The van der Waals surface area contributed by atoms with Crippen molar-refractivity contribution in [2.75, 3.05) is 5.73 Å². The standard InChI is InChI=1S/C13H15N3S/c1-7-5-4-6-10(11(7)14)12(15)13-16-8(2)9(3)17-13/h4-6,15H,14H2,1-3H3. The molecule has 88 valence electrons. The number of hydrogen-bond acceptors (Lipinski definition) is 4. The summed E-state index contributed by atoms with van der Waals surface area (Å²) in [6.45, 7) is 5.93. The fraction of sp³-hybridized carbons (Fsp3) is 0.231. The summed E-state index contributed by atoms with van der Waals surface area (Å²) in [6.07, 6.45) is 0. The fourth-order valence-corrected chi connectivity index (χ4v) is 2.47. The molecular formula is C13H15N3S. The highest BCUT2D eigenvalue weighted by Gasteiger charge is 2.14. The molecule has 0 unspecified atom stereocenters. The second-order valence-corrected chi connectivity index (χ2v) is 5.27. The number of benzene rings is 1. The van der Waals surface area contributed by atoms with Crippen LogP contribution in [0.1, 0.15) is 26.7 Å². The molecule has 2 rings (SSSR count). The minimum Gasteiger partial charge on any atom is -0.398 e. The summed E-state index contributed by atoms with van der Waals surface area (Å²) < 4.78 is 0. The van der Waals surface area contributed by atoms with Gasteiger partial charge in [-0.05, 0) is 26.3 Å². The molecule has 0 spiro atoms. The van der Waals surface area contributed by atoms with Gasteiger partial charge in [-0.15, -0.1) is 11.3 Å². The summed E-state index contributed by atoms with van der Waals surface area (Å²) in [5, 5.41) is 8.92. The quantitative estimate of drug-likeness (QED) is 0.631. The molecule has 0 saturated heterocycles. The van der Waals surface area contributed by atoms with Gasteiger partial charge in [0.1, 0.15) is 5.01 Å². The van der Waals surface area contributed by atoms with Gasteiger partial charge in [0, 0.05) is 16.1 Å². The molecule has 0 aliphatic heterocycles. The van der Waals surface area contributed by atoms with Crippen LogP contribution in [0, 0.1) is 26.2 Å². The van der Waals surface area contributed by atoms with Crippen LogP contribution in [0.4, 0.5) is 5.69 Å². The summed E-state index contributed by atoms with van der Waals surface area (Å²) >= 11 is 1.54. The highest BCUT2D eigenvalue weighted by atomic mass is 32.1. The molecular weight excluding hydrogens is 230 g/mol. The van der Waals surface area contributed by atoms with Crippen LogP contribution in [0.2, 0.25) is 0 Å². The largest absolute Gasteiger partial charge is 0.398 e. The molecule has 1 aromatic heterocycles. The summed E-state index contributed by atoms with van der Waals surface area (Å²) in [5.41, 5.74) is 9.83. The fourth-order valence-electron chi connectivity index (χ4n) is 1.59. The van der Waals surface area contributed by atoms with Crippen molar-refractivity contribution in [1.82, 2.24) is 4.98 Å². The van der Waals surface area contributed by atoms with E-state index < -0.39 is 0 Å². The Labute approximate surface area is 105 Å². The number of aromatic nitrogens is 1. The zero-order valence-corrected chi connectivity index (χ0v) is 11.0. The number of nitrogens with zero attached hydrogens (tertiary/aromatic N) is 1. The van der Waals surface area contributed by atoms with Gasteiger partial charge in [0.05, 0.1) is 11.4 Å². The van der Waals surface area contributed by atoms with Gasteiger partial charge in [-0.3, -0.25) is 5.41 Å². The normalized spacial score (nSPS) is 10.5. The van der Waals surface area contributed by atoms with E-state index in [1.54, 1.807) is 11.3 Å². The Morgan fingerprint density at radius 1 is 1.29 bits per heavy atom. The van der Waals surface area contributed by atoms with Crippen LogP contribution < -0.4 is 5.73 Å². The van der Waals surface area contributed by atoms with E-state index in [-0.39, 0.29) is 0 Å². The molecule has 0 aliphatic carbocycles. The second kappa shape index (κ2) is 4.30. The zero-order valence-electron chi connectivity index (χ0n) is 10.2. The molecule has 1 aromatic carbocycles. The second-order valence-electron chi connectivity index (χ2n) is 4.07. The number of nitrogen functional groups attached to an aromatic ring is 1. The number of para-hydroxylation sites is 1. The van der Waals surface area contributed by atoms with Gasteiger partial charge in [-0.2, -0.15) is 0 Å². The zero-order chi connectivity index (χ0) is 12.6. The number of anilines is 1. The number of nitrogens with two attached hydrogens (primary N) is 1.